The van der Waals surface area contributed by atoms with Crippen LogP contribution in [0.5, 0.6) is 0 Å². The van der Waals surface area contributed by atoms with Crippen LogP contribution in [0.4, 0.5) is 0 Å². The van der Waals surface area contributed by atoms with Crippen molar-refractivity contribution in [3.8, 4) is 28.5 Å². The number of hydrogen-bond acceptors (Lipinski definition) is 3. The minimum atomic E-state index is -1.12. The first-order chi connectivity index (χ1) is 11.6. The summed E-state index contributed by atoms with van der Waals surface area (Å²) in [5, 5.41) is 18.7. The van der Waals surface area contributed by atoms with Crippen molar-refractivity contribution in [3.05, 3.63) is 76.9 Å². The van der Waals surface area contributed by atoms with Crippen LogP contribution in [0.25, 0.3) is 22.4 Å². The molecular weight excluding hydrogens is 324 g/mol. The van der Waals surface area contributed by atoms with E-state index in [2.05, 4.69) is 11.1 Å². The van der Waals surface area contributed by atoms with Gasteiger partial charge in [-0.15, -0.1) is 0 Å². The van der Waals surface area contributed by atoms with Gasteiger partial charge in [0, 0.05) is 11.8 Å². The summed E-state index contributed by atoms with van der Waals surface area (Å²) in [6, 6.07) is 18.5. The van der Waals surface area contributed by atoms with Gasteiger partial charge < -0.3 is 5.11 Å². The predicted molar refractivity (Wildman–Crippen MR) is 91.8 cm³/mol. The van der Waals surface area contributed by atoms with E-state index < -0.39 is 5.97 Å². The minimum Gasteiger partial charge on any atom is -0.478 e. The monoisotopic (exact) mass is 334 g/mol. The number of hydrogen-bond donors (Lipinski definition) is 1. The van der Waals surface area contributed by atoms with Crippen LogP contribution < -0.4 is 0 Å². The summed E-state index contributed by atoms with van der Waals surface area (Å²) >= 11 is 5.85. The van der Waals surface area contributed by atoms with Gasteiger partial charge >= 0.3 is 5.97 Å². The number of aromatic nitrogens is 1. The SMILES string of the molecule is N#Cc1cc(-c2cc(C(=O)O)c(Cl)cn2)ccc1-c1ccccc1. The lowest BCUT2D eigenvalue weighted by Crippen LogP contribution is -1.99. The molecule has 3 aromatic rings. The molecule has 0 aliphatic rings. The molecule has 24 heavy (non-hydrogen) atoms. The fourth-order valence-electron chi connectivity index (χ4n) is 2.43. The van der Waals surface area contributed by atoms with E-state index in [1.807, 2.05) is 42.5 Å². The van der Waals surface area contributed by atoms with Crippen molar-refractivity contribution in [2.75, 3.05) is 0 Å². The smallest absolute Gasteiger partial charge is 0.337 e. The average Bonchev–Trinajstić information content (AvgIpc) is 2.62. The Morgan fingerprint density at radius 2 is 1.83 bits per heavy atom. The zero-order chi connectivity index (χ0) is 17.1. The quantitative estimate of drug-likeness (QED) is 0.757. The number of carbonyl (C=O) groups is 1. The lowest BCUT2D eigenvalue weighted by Gasteiger charge is -2.08. The van der Waals surface area contributed by atoms with Crippen LogP contribution in [0.15, 0.2) is 60.8 Å². The van der Waals surface area contributed by atoms with Gasteiger partial charge in [0.1, 0.15) is 0 Å². The van der Waals surface area contributed by atoms with Crippen LogP contribution in [0.3, 0.4) is 0 Å². The van der Waals surface area contributed by atoms with Crippen molar-refractivity contribution in [1.29, 1.82) is 5.26 Å². The van der Waals surface area contributed by atoms with E-state index in [-0.39, 0.29) is 10.6 Å². The van der Waals surface area contributed by atoms with Gasteiger partial charge in [0.15, 0.2) is 0 Å². The van der Waals surface area contributed by atoms with E-state index in [1.165, 1.54) is 12.3 Å². The van der Waals surface area contributed by atoms with Crippen molar-refractivity contribution in [1.82, 2.24) is 4.98 Å². The summed E-state index contributed by atoms with van der Waals surface area (Å²) in [4.78, 5) is 15.4. The zero-order valence-corrected chi connectivity index (χ0v) is 13.2. The number of carboxylic acids is 1. The highest BCUT2D eigenvalue weighted by atomic mass is 35.5. The highest BCUT2D eigenvalue weighted by Crippen LogP contribution is 2.29. The Kier molecular flexibility index (Phi) is 4.28. The van der Waals surface area contributed by atoms with E-state index in [9.17, 15) is 10.1 Å². The molecule has 2 aromatic carbocycles. The number of carboxylic acid groups (broad SMARTS) is 1. The fourth-order valence-corrected chi connectivity index (χ4v) is 2.61. The predicted octanol–water partition coefficient (Wildman–Crippen LogP) is 4.64. The van der Waals surface area contributed by atoms with Gasteiger partial charge in [-0.3, -0.25) is 4.98 Å². The minimum absolute atomic E-state index is 0.0210. The zero-order valence-electron chi connectivity index (χ0n) is 12.4. The number of nitriles is 1. The number of halogens is 1. The second kappa shape index (κ2) is 6.53. The Hall–Kier alpha value is -3.16. The number of rotatable bonds is 3. The second-order valence-corrected chi connectivity index (χ2v) is 5.50. The molecular formula is C19H11ClN2O2. The molecule has 0 amide bonds. The summed E-state index contributed by atoms with van der Waals surface area (Å²) in [6.07, 6.45) is 1.30. The number of aromatic carboxylic acids is 1. The largest absolute Gasteiger partial charge is 0.478 e. The van der Waals surface area contributed by atoms with Gasteiger partial charge in [-0.2, -0.15) is 5.26 Å². The second-order valence-electron chi connectivity index (χ2n) is 5.09. The molecule has 0 atom stereocenters. The van der Waals surface area contributed by atoms with Crippen molar-refractivity contribution in [2.24, 2.45) is 0 Å². The lowest BCUT2D eigenvalue weighted by molar-refractivity contribution is 0.0697. The van der Waals surface area contributed by atoms with Gasteiger partial charge in [0.25, 0.3) is 0 Å². The molecule has 5 heteroatoms. The molecule has 1 aromatic heterocycles. The third-order valence-corrected chi connectivity index (χ3v) is 3.91. The van der Waals surface area contributed by atoms with E-state index in [1.54, 1.807) is 6.07 Å². The normalized spacial score (nSPS) is 10.2. The lowest BCUT2D eigenvalue weighted by atomic mass is 9.97. The molecule has 0 aliphatic heterocycles. The number of benzene rings is 2. The molecule has 1 N–H and O–H groups in total. The Bertz CT molecular complexity index is 963. The molecule has 1 heterocycles. The first-order valence-corrected chi connectivity index (χ1v) is 7.46. The summed E-state index contributed by atoms with van der Waals surface area (Å²) in [6.45, 7) is 0. The summed E-state index contributed by atoms with van der Waals surface area (Å²) in [7, 11) is 0. The van der Waals surface area contributed by atoms with E-state index in [0.29, 0.717) is 16.8 Å². The third kappa shape index (κ3) is 2.98. The van der Waals surface area contributed by atoms with Gasteiger partial charge in [-0.25, -0.2) is 4.79 Å². The topological polar surface area (TPSA) is 74.0 Å². The molecule has 3 rings (SSSR count). The Morgan fingerprint density at radius 1 is 1.08 bits per heavy atom. The molecule has 0 fully saturated rings. The van der Waals surface area contributed by atoms with Gasteiger partial charge in [-0.05, 0) is 23.3 Å². The molecule has 0 bridgehead atoms. The Morgan fingerprint density at radius 3 is 2.50 bits per heavy atom. The summed E-state index contributed by atoms with van der Waals surface area (Å²) in [5.74, 6) is -1.12. The standard InChI is InChI=1S/C19H11ClN2O2/c20-17-11-22-18(9-16(17)19(23)24)13-6-7-15(14(8-13)10-21)12-4-2-1-3-5-12/h1-9,11H,(H,23,24). The van der Waals surface area contributed by atoms with Crippen molar-refractivity contribution >= 4 is 17.6 Å². The van der Waals surface area contributed by atoms with Crippen LogP contribution in [-0.2, 0) is 0 Å². The van der Waals surface area contributed by atoms with Gasteiger partial charge in [0.05, 0.1) is 27.9 Å². The highest BCUT2D eigenvalue weighted by molar-refractivity contribution is 6.33. The maximum Gasteiger partial charge on any atom is 0.337 e. The molecule has 0 radical (unpaired) electrons. The Labute approximate surface area is 143 Å². The number of nitrogens with zero attached hydrogens (tertiary/aromatic N) is 2. The Balaban J connectivity index is 2.10. The van der Waals surface area contributed by atoms with Crippen LogP contribution >= 0.6 is 11.6 Å². The van der Waals surface area contributed by atoms with Crippen molar-refractivity contribution in [3.63, 3.8) is 0 Å². The first-order valence-electron chi connectivity index (χ1n) is 7.09. The maximum atomic E-state index is 11.2. The first kappa shape index (κ1) is 15.7. The van der Waals surface area contributed by atoms with Gasteiger partial charge in [0.2, 0.25) is 0 Å². The molecule has 4 nitrogen and oxygen atoms in total. The summed E-state index contributed by atoms with van der Waals surface area (Å²) in [5.41, 5.74) is 3.34. The van der Waals surface area contributed by atoms with E-state index in [4.69, 9.17) is 16.7 Å². The van der Waals surface area contributed by atoms with Crippen LogP contribution in [0, 0.1) is 11.3 Å². The molecule has 0 unspecified atom stereocenters. The van der Waals surface area contributed by atoms with Crippen LogP contribution in [0.2, 0.25) is 5.02 Å². The average molecular weight is 335 g/mol. The molecule has 0 saturated carbocycles. The van der Waals surface area contributed by atoms with Crippen LogP contribution in [0.1, 0.15) is 15.9 Å². The van der Waals surface area contributed by atoms with Crippen molar-refractivity contribution in [2.45, 2.75) is 0 Å². The molecule has 116 valence electrons. The fraction of sp³-hybridized carbons (Fsp3) is 0. The molecule has 0 spiro atoms. The van der Waals surface area contributed by atoms with E-state index in [0.717, 1.165) is 11.1 Å². The maximum absolute atomic E-state index is 11.2. The molecule has 0 saturated heterocycles. The van der Waals surface area contributed by atoms with Crippen molar-refractivity contribution < 1.29 is 9.90 Å². The van der Waals surface area contributed by atoms with E-state index >= 15 is 0 Å². The van der Waals surface area contributed by atoms with Crippen LogP contribution in [-0.4, -0.2) is 16.1 Å². The summed E-state index contributed by atoms with van der Waals surface area (Å²) < 4.78 is 0. The van der Waals surface area contributed by atoms with Gasteiger partial charge in [-0.1, -0.05) is 54.1 Å². The third-order valence-electron chi connectivity index (χ3n) is 3.61. The number of pyridine rings is 1. The highest BCUT2D eigenvalue weighted by Gasteiger charge is 2.13. The molecule has 0 aliphatic carbocycles.